The van der Waals surface area contributed by atoms with Crippen LogP contribution in [0.15, 0.2) is 29.2 Å². The van der Waals surface area contributed by atoms with Crippen LogP contribution in [-0.4, -0.2) is 60.8 Å². The lowest BCUT2D eigenvalue weighted by atomic mass is 9.79. The van der Waals surface area contributed by atoms with Gasteiger partial charge in [-0.25, -0.2) is 8.42 Å². The number of rotatable bonds is 6. The van der Waals surface area contributed by atoms with Gasteiger partial charge in [0.25, 0.3) is 0 Å². The molecule has 0 aromatic heterocycles. The Morgan fingerprint density at radius 3 is 2.09 bits per heavy atom. The topological polar surface area (TPSA) is 108 Å². The minimum absolute atomic E-state index is 0.0355. The highest BCUT2D eigenvalue weighted by Gasteiger charge is 2.39. The van der Waals surface area contributed by atoms with E-state index in [2.05, 4.69) is 43.6 Å². The molecule has 1 atom stereocenters. The molecule has 0 radical (unpaired) electrons. The number of benzene rings is 1. The Labute approximate surface area is 204 Å². The zero-order chi connectivity index (χ0) is 25.3. The molecule has 0 aliphatic carbocycles. The van der Waals surface area contributed by atoms with E-state index in [0.717, 1.165) is 18.4 Å². The Kier molecular flexibility index (Phi) is 7.79. The van der Waals surface area contributed by atoms with Gasteiger partial charge in [0.15, 0.2) is 0 Å². The van der Waals surface area contributed by atoms with E-state index in [-0.39, 0.29) is 52.8 Å². The lowest BCUT2D eigenvalue weighted by Crippen LogP contribution is -2.63. The summed E-state index contributed by atoms with van der Waals surface area (Å²) in [5.41, 5.74) is 0.832. The number of hydrogen-bond donors (Lipinski definition) is 3. The lowest BCUT2D eigenvalue weighted by molar-refractivity contribution is -0.132. The van der Waals surface area contributed by atoms with Gasteiger partial charge in [-0.1, -0.05) is 17.7 Å². The zero-order valence-electron chi connectivity index (χ0n) is 21.3. The van der Waals surface area contributed by atoms with Gasteiger partial charge in [0.2, 0.25) is 21.8 Å². The van der Waals surface area contributed by atoms with Crippen LogP contribution in [0.3, 0.4) is 0 Å². The van der Waals surface area contributed by atoms with Gasteiger partial charge in [0, 0.05) is 36.1 Å². The second-order valence-corrected chi connectivity index (χ2v) is 13.2. The van der Waals surface area contributed by atoms with E-state index in [1.165, 1.54) is 4.31 Å². The van der Waals surface area contributed by atoms with E-state index in [1.807, 2.05) is 6.92 Å². The Morgan fingerprint density at radius 2 is 1.56 bits per heavy atom. The third-order valence-electron chi connectivity index (χ3n) is 6.77. The number of carbonyl (C=O) groups excluding carboxylic acids is 2. The monoisotopic (exact) mass is 492 g/mol. The molecule has 2 fully saturated rings. The molecule has 1 aromatic carbocycles. The molecule has 3 N–H and O–H groups in total. The summed E-state index contributed by atoms with van der Waals surface area (Å²) in [6, 6.07) is 6.19. The number of piperidine rings is 2. The minimum Gasteiger partial charge on any atom is -0.351 e. The summed E-state index contributed by atoms with van der Waals surface area (Å²) in [4.78, 5) is 25.9. The Balaban J connectivity index is 1.50. The summed E-state index contributed by atoms with van der Waals surface area (Å²) in [6.07, 6.45) is 2.50. The lowest BCUT2D eigenvalue weighted by Gasteiger charge is -2.46. The third kappa shape index (κ3) is 6.58. The van der Waals surface area contributed by atoms with Crippen LogP contribution in [0.25, 0.3) is 0 Å². The molecule has 8 nitrogen and oxygen atoms in total. The Bertz CT molecular complexity index is 980. The van der Waals surface area contributed by atoms with Gasteiger partial charge in [-0.3, -0.25) is 9.59 Å². The fourth-order valence-electron chi connectivity index (χ4n) is 5.36. The van der Waals surface area contributed by atoms with Crippen molar-refractivity contribution in [3.05, 3.63) is 29.8 Å². The predicted octanol–water partition coefficient (Wildman–Crippen LogP) is 2.33. The molecule has 1 aromatic rings. The molecule has 9 heteroatoms. The number of nitrogens with one attached hydrogen (secondary N) is 3. The van der Waals surface area contributed by atoms with E-state index in [1.54, 1.807) is 31.2 Å². The van der Waals surface area contributed by atoms with Gasteiger partial charge >= 0.3 is 0 Å². The SMILES string of the molecule is Cc1ccc(S(=O)(=O)N2CCC(C(=O)N[C@@H](C)C(=O)NC3CC(C)(C)NC(C)(C)C3)CC2)cc1. The highest BCUT2D eigenvalue weighted by atomic mass is 32.2. The molecular formula is C25H40N4O4S. The van der Waals surface area contributed by atoms with Crippen LogP contribution in [-0.2, 0) is 19.6 Å². The fraction of sp³-hybridized carbons (Fsp3) is 0.680. The first-order valence-corrected chi connectivity index (χ1v) is 13.6. The van der Waals surface area contributed by atoms with Crippen LogP contribution in [0.1, 0.15) is 65.9 Å². The van der Waals surface area contributed by atoms with Crippen molar-refractivity contribution in [1.29, 1.82) is 0 Å². The molecule has 2 amide bonds. The largest absolute Gasteiger partial charge is 0.351 e. The van der Waals surface area contributed by atoms with Gasteiger partial charge in [-0.2, -0.15) is 4.31 Å². The summed E-state index contributed by atoms with van der Waals surface area (Å²) < 4.78 is 27.2. The molecule has 2 aliphatic rings. The van der Waals surface area contributed by atoms with Crippen molar-refractivity contribution in [3.8, 4) is 0 Å². The first-order chi connectivity index (χ1) is 15.7. The van der Waals surface area contributed by atoms with Crippen molar-refractivity contribution in [2.45, 2.75) is 95.3 Å². The van der Waals surface area contributed by atoms with Gasteiger partial charge in [0.05, 0.1) is 4.90 Å². The van der Waals surface area contributed by atoms with Crippen LogP contribution in [0, 0.1) is 12.8 Å². The summed E-state index contributed by atoms with van der Waals surface area (Å²) >= 11 is 0. The number of nitrogens with zero attached hydrogens (tertiary/aromatic N) is 1. The van der Waals surface area contributed by atoms with Crippen LogP contribution in [0.4, 0.5) is 0 Å². The molecule has 0 bridgehead atoms. The maximum absolute atomic E-state index is 12.9. The maximum Gasteiger partial charge on any atom is 0.243 e. The van der Waals surface area contributed by atoms with E-state index < -0.39 is 16.1 Å². The summed E-state index contributed by atoms with van der Waals surface area (Å²) in [5, 5.41) is 9.54. The van der Waals surface area contributed by atoms with Crippen LogP contribution in [0.5, 0.6) is 0 Å². The quantitative estimate of drug-likeness (QED) is 0.565. The number of amides is 2. The second kappa shape index (κ2) is 9.95. The molecule has 2 aliphatic heterocycles. The van der Waals surface area contributed by atoms with Crippen molar-refractivity contribution in [2.24, 2.45) is 5.92 Å². The average molecular weight is 493 g/mol. The average Bonchev–Trinajstić information content (AvgIpc) is 2.71. The van der Waals surface area contributed by atoms with E-state index in [9.17, 15) is 18.0 Å². The maximum atomic E-state index is 12.9. The molecular weight excluding hydrogens is 452 g/mol. The highest BCUT2D eigenvalue weighted by molar-refractivity contribution is 7.89. The van der Waals surface area contributed by atoms with Crippen LogP contribution < -0.4 is 16.0 Å². The molecule has 0 spiro atoms. The first-order valence-electron chi connectivity index (χ1n) is 12.2. The molecule has 2 saturated heterocycles. The van der Waals surface area contributed by atoms with Crippen molar-refractivity contribution in [1.82, 2.24) is 20.3 Å². The van der Waals surface area contributed by atoms with Crippen molar-refractivity contribution >= 4 is 21.8 Å². The Morgan fingerprint density at radius 1 is 1.03 bits per heavy atom. The molecule has 0 saturated carbocycles. The van der Waals surface area contributed by atoms with Gasteiger partial charge in [-0.15, -0.1) is 0 Å². The minimum atomic E-state index is -3.57. The highest BCUT2D eigenvalue weighted by Crippen LogP contribution is 2.28. The standard InChI is InChI=1S/C25H40N4O4S/c1-17-7-9-21(10-8-17)34(32,33)29-13-11-19(12-14-29)23(31)26-18(2)22(30)27-20-15-24(3,4)28-25(5,6)16-20/h7-10,18-20,28H,11-16H2,1-6H3,(H,26,31)(H,27,30)/t18-/m0/s1. The van der Waals surface area contributed by atoms with E-state index in [0.29, 0.717) is 12.8 Å². The first kappa shape index (κ1) is 26.6. The number of sulfonamides is 1. The van der Waals surface area contributed by atoms with Crippen LogP contribution >= 0.6 is 0 Å². The molecule has 34 heavy (non-hydrogen) atoms. The van der Waals surface area contributed by atoms with Crippen molar-refractivity contribution < 1.29 is 18.0 Å². The van der Waals surface area contributed by atoms with Gasteiger partial charge < -0.3 is 16.0 Å². The number of hydrogen-bond acceptors (Lipinski definition) is 5. The Hall–Kier alpha value is -1.97. The predicted molar refractivity (Wildman–Crippen MR) is 133 cm³/mol. The summed E-state index contributed by atoms with van der Waals surface area (Å²) in [6.45, 7) is 12.7. The fourth-order valence-corrected chi connectivity index (χ4v) is 6.83. The van der Waals surface area contributed by atoms with E-state index in [4.69, 9.17) is 0 Å². The smallest absolute Gasteiger partial charge is 0.243 e. The molecule has 0 unspecified atom stereocenters. The third-order valence-corrected chi connectivity index (χ3v) is 8.68. The number of aryl methyl sites for hydroxylation is 1. The second-order valence-electron chi connectivity index (χ2n) is 11.2. The summed E-state index contributed by atoms with van der Waals surface area (Å²) in [5.74, 6) is -0.691. The number of carbonyl (C=O) groups is 2. The zero-order valence-corrected chi connectivity index (χ0v) is 22.1. The normalized spacial score (nSPS) is 22.6. The molecule has 190 valence electrons. The van der Waals surface area contributed by atoms with Crippen LogP contribution in [0.2, 0.25) is 0 Å². The van der Waals surface area contributed by atoms with Gasteiger partial charge in [0.1, 0.15) is 6.04 Å². The summed E-state index contributed by atoms with van der Waals surface area (Å²) in [7, 11) is -3.57. The molecule has 2 heterocycles. The molecule has 3 rings (SSSR count). The van der Waals surface area contributed by atoms with Crippen molar-refractivity contribution in [2.75, 3.05) is 13.1 Å². The van der Waals surface area contributed by atoms with Crippen molar-refractivity contribution in [3.63, 3.8) is 0 Å². The van der Waals surface area contributed by atoms with E-state index >= 15 is 0 Å². The van der Waals surface area contributed by atoms with Gasteiger partial charge in [-0.05, 0) is 79.4 Å².